The molecule has 0 radical (unpaired) electrons. The molecule has 0 spiro atoms. The Balaban J connectivity index is 2.44. The quantitative estimate of drug-likeness (QED) is 0.692. The molecule has 1 aliphatic rings. The summed E-state index contributed by atoms with van der Waals surface area (Å²) in [4.78, 5) is 2.61. The Labute approximate surface area is 107 Å². The van der Waals surface area contributed by atoms with Crippen LogP contribution in [0.15, 0.2) is 0 Å². The second-order valence-corrected chi connectivity index (χ2v) is 6.05. The maximum absolute atomic E-state index is 5.37. The Kier molecular flexibility index (Phi) is 6.45. The van der Waals surface area contributed by atoms with Gasteiger partial charge in [-0.15, -0.1) is 0 Å². The fraction of sp³-hybridized carbons (Fsp3) is 1.00. The molecule has 3 nitrogen and oxygen atoms in total. The molecule has 1 heterocycles. The minimum absolute atomic E-state index is 0.467. The van der Waals surface area contributed by atoms with Crippen LogP contribution in [0, 0.1) is 5.41 Å². The smallest absolute Gasteiger partial charge is 0.0630 e. The number of nitrogens with zero attached hydrogens (tertiary/aromatic N) is 1. The van der Waals surface area contributed by atoms with Crippen LogP contribution in [0.1, 0.15) is 40.0 Å². The van der Waals surface area contributed by atoms with Crippen molar-refractivity contribution in [2.75, 3.05) is 39.9 Å². The molecule has 1 saturated heterocycles. The number of methoxy groups -OCH3 is 1. The minimum atomic E-state index is 0.467. The second-order valence-electron chi connectivity index (χ2n) is 6.05. The van der Waals surface area contributed by atoms with Crippen molar-refractivity contribution in [2.24, 2.45) is 5.41 Å². The molecule has 17 heavy (non-hydrogen) atoms. The van der Waals surface area contributed by atoms with Gasteiger partial charge in [-0.05, 0) is 37.8 Å². The molecule has 0 saturated carbocycles. The molecule has 102 valence electrons. The molecular formula is C14H30N2O. The minimum Gasteiger partial charge on any atom is -0.383 e. The molecule has 0 bridgehead atoms. The number of likely N-dealkylation sites (tertiary alicyclic amines) is 1. The summed E-state index contributed by atoms with van der Waals surface area (Å²) < 4.78 is 5.37. The number of rotatable bonds is 7. The maximum Gasteiger partial charge on any atom is 0.0630 e. The predicted molar refractivity (Wildman–Crippen MR) is 73.4 cm³/mol. The Morgan fingerprint density at radius 3 is 2.76 bits per heavy atom. The number of hydrogen-bond acceptors (Lipinski definition) is 3. The van der Waals surface area contributed by atoms with E-state index in [-0.39, 0.29) is 0 Å². The van der Waals surface area contributed by atoms with E-state index in [0.717, 1.165) is 19.7 Å². The summed E-state index contributed by atoms with van der Waals surface area (Å²) >= 11 is 0. The summed E-state index contributed by atoms with van der Waals surface area (Å²) in [5.41, 5.74) is 0.467. The number of ether oxygens (including phenoxy) is 1. The van der Waals surface area contributed by atoms with Crippen LogP contribution in [0.4, 0.5) is 0 Å². The zero-order valence-electron chi connectivity index (χ0n) is 12.1. The van der Waals surface area contributed by atoms with Crippen molar-refractivity contribution >= 4 is 0 Å². The monoisotopic (exact) mass is 242 g/mol. The van der Waals surface area contributed by atoms with Crippen LogP contribution in [0.25, 0.3) is 0 Å². The van der Waals surface area contributed by atoms with E-state index >= 15 is 0 Å². The number of nitrogens with one attached hydrogen (secondary N) is 1. The van der Waals surface area contributed by atoms with Crippen LogP contribution in [-0.4, -0.2) is 50.8 Å². The van der Waals surface area contributed by atoms with E-state index in [1.807, 2.05) is 7.11 Å². The van der Waals surface area contributed by atoms with Gasteiger partial charge in [0, 0.05) is 26.2 Å². The van der Waals surface area contributed by atoms with Crippen molar-refractivity contribution < 1.29 is 4.74 Å². The van der Waals surface area contributed by atoms with E-state index in [1.54, 1.807) is 0 Å². The third-order valence-corrected chi connectivity index (χ3v) is 3.61. The zero-order valence-corrected chi connectivity index (χ0v) is 12.1. The Bertz CT molecular complexity index is 206. The molecule has 0 aromatic carbocycles. The van der Waals surface area contributed by atoms with Crippen LogP contribution in [-0.2, 0) is 4.74 Å². The van der Waals surface area contributed by atoms with Crippen LogP contribution >= 0.6 is 0 Å². The molecule has 3 heteroatoms. The first-order chi connectivity index (χ1) is 8.09. The summed E-state index contributed by atoms with van der Waals surface area (Å²) in [6, 6.07) is 0.533. The normalized spacial score (nSPS) is 22.6. The molecule has 1 fully saturated rings. The van der Waals surface area contributed by atoms with Crippen molar-refractivity contribution in [1.29, 1.82) is 0 Å². The SMILES string of the molecule is CCCNCC(COC)N1CCCC(C)(C)C1. The molecule has 1 unspecified atom stereocenters. The van der Waals surface area contributed by atoms with Gasteiger partial charge in [0.25, 0.3) is 0 Å². The van der Waals surface area contributed by atoms with Crippen molar-refractivity contribution in [3.63, 3.8) is 0 Å². The Morgan fingerprint density at radius 2 is 2.18 bits per heavy atom. The van der Waals surface area contributed by atoms with Crippen LogP contribution in [0.3, 0.4) is 0 Å². The third kappa shape index (κ3) is 5.36. The van der Waals surface area contributed by atoms with Gasteiger partial charge >= 0.3 is 0 Å². The maximum atomic E-state index is 5.37. The van der Waals surface area contributed by atoms with Gasteiger partial charge < -0.3 is 10.1 Å². The van der Waals surface area contributed by atoms with Gasteiger partial charge in [0.05, 0.1) is 6.61 Å². The highest BCUT2D eigenvalue weighted by molar-refractivity contribution is 4.84. The van der Waals surface area contributed by atoms with Crippen molar-refractivity contribution in [1.82, 2.24) is 10.2 Å². The average molecular weight is 242 g/mol. The van der Waals surface area contributed by atoms with E-state index in [1.165, 1.54) is 32.4 Å². The van der Waals surface area contributed by atoms with Gasteiger partial charge in [-0.2, -0.15) is 0 Å². The predicted octanol–water partition coefficient (Wildman–Crippen LogP) is 2.12. The summed E-state index contributed by atoms with van der Waals surface area (Å²) in [6.07, 6.45) is 3.87. The molecular weight excluding hydrogens is 212 g/mol. The highest BCUT2D eigenvalue weighted by atomic mass is 16.5. The summed E-state index contributed by atoms with van der Waals surface area (Å²) in [6.45, 7) is 12.4. The van der Waals surface area contributed by atoms with Gasteiger partial charge in [0.2, 0.25) is 0 Å². The van der Waals surface area contributed by atoms with Gasteiger partial charge in [0.15, 0.2) is 0 Å². The third-order valence-electron chi connectivity index (χ3n) is 3.61. The highest BCUT2D eigenvalue weighted by Crippen LogP contribution is 2.29. The molecule has 1 aliphatic heterocycles. The van der Waals surface area contributed by atoms with E-state index in [4.69, 9.17) is 4.74 Å². The summed E-state index contributed by atoms with van der Waals surface area (Å²) in [5, 5.41) is 3.52. The van der Waals surface area contributed by atoms with E-state index in [2.05, 4.69) is 31.0 Å². The van der Waals surface area contributed by atoms with Crippen LogP contribution in [0.2, 0.25) is 0 Å². The van der Waals surface area contributed by atoms with Gasteiger partial charge in [-0.25, -0.2) is 0 Å². The highest BCUT2D eigenvalue weighted by Gasteiger charge is 2.30. The van der Waals surface area contributed by atoms with Crippen molar-refractivity contribution in [2.45, 2.75) is 46.1 Å². The van der Waals surface area contributed by atoms with Crippen molar-refractivity contribution in [3.05, 3.63) is 0 Å². The van der Waals surface area contributed by atoms with Crippen LogP contribution < -0.4 is 5.32 Å². The van der Waals surface area contributed by atoms with Crippen molar-refractivity contribution in [3.8, 4) is 0 Å². The lowest BCUT2D eigenvalue weighted by molar-refractivity contribution is 0.0357. The average Bonchev–Trinajstić information content (AvgIpc) is 2.27. The van der Waals surface area contributed by atoms with Gasteiger partial charge in [-0.3, -0.25) is 4.90 Å². The molecule has 0 amide bonds. The standard InChI is InChI=1S/C14H30N2O/c1-5-8-15-10-13(11-17-4)16-9-6-7-14(2,3)12-16/h13,15H,5-12H2,1-4H3. The van der Waals surface area contributed by atoms with Crippen LogP contribution in [0.5, 0.6) is 0 Å². The molecule has 1 atom stereocenters. The largest absolute Gasteiger partial charge is 0.383 e. The first kappa shape index (κ1) is 14.9. The Morgan fingerprint density at radius 1 is 1.41 bits per heavy atom. The topological polar surface area (TPSA) is 24.5 Å². The van der Waals surface area contributed by atoms with E-state index in [0.29, 0.717) is 11.5 Å². The molecule has 0 aromatic rings. The molecule has 0 aromatic heterocycles. The fourth-order valence-electron chi connectivity index (χ4n) is 2.71. The van der Waals surface area contributed by atoms with Gasteiger partial charge in [0.1, 0.15) is 0 Å². The lowest BCUT2D eigenvalue weighted by Gasteiger charge is -2.42. The molecule has 0 aliphatic carbocycles. The lowest BCUT2D eigenvalue weighted by atomic mass is 9.83. The van der Waals surface area contributed by atoms with Gasteiger partial charge in [-0.1, -0.05) is 20.8 Å². The first-order valence-electron chi connectivity index (χ1n) is 7.03. The number of hydrogen-bond donors (Lipinski definition) is 1. The fourth-order valence-corrected chi connectivity index (χ4v) is 2.71. The second kappa shape index (κ2) is 7.34. The molecule has 1 N–H and O–H groups in total. The Hall–Kier alpha value is -0.120. The lowest BCUT2D eigenvalue weighted by Crippen LogP contribution is -2.51. The summed E-state index contributed by atoms with van der Waals surface area (Å²) in [5.74, 6) is 0. The van der Waals surface area contributed by atoms with E-state index < -0.39 is 0 Å². The zero-order chi connectivity index (χ0) is 12.7. The summed E-state index contributed by atoms with van der Waals surface area (Å²) in [7, 11) is 1.81. The molecule has 1 rings (SSSR count). The first-order valence-corrected chi connectivity index (χ1v) is 7.03. The van der Waals surface area contributed by atoms with E-state index in [9.17, 15) is 0 Å². The number of piperidine rings is 1.